The first-order valence-electron chi connectivity index (χ1n) is 13.9. The van der Waals surface area contributed by atoms with Gasteiger partial charge in [-0.05, 0) is 64.3 Å². The average molecular weight is 712 g/mol. The molecule has 0 spiro atoms. The number of hydroxylamine groups is 2. The summed E-state index contributed by atoms with van der Waals surface area (Å²) in [4.78, 5) is 46.2. The van der Waals surface area contributed by atoms with Crippen molar-refractivity contribution in [1.29, 1.82) is 0 Å². The predicted molar refractivity (Wildman–Crippen MR) is 192 cm³/mol. The summed E-state index contributed by atoms with van der Waals surface area (Å²) in [5.41, 5.74) is 1.42. The number of amides is 4. The molecule has 0 saturated carbocycles. The van der Waals surface area contributed by atoms with Gasteiger partial charge in [0.05, 0.1) is 27.4 Å². The standard InChI is InChI=1S/C10H19N5S.C10H11N3OS.C9H10Cl2N2O2/c1-6-11-7-12-8(15-10(2,3)4)14-9(13-7)16-5;1-11-9(14)13(2)10-12-7-5-3-4-6-8(7)15-10;1-13(15-2)9(14)12-6-3-4-7(10)8(11)5-6/h6H2,1-5H3,(H2,11,12,13,14,15);3-6H,1-2H3,(H,11,14);3-5H,1-2H3,(H,12,14). The van der Waals surface area contributed by atoms with E-state index in [1.165, 1.54) is 42.2 Å². The molecule has 13 nitrogen and oxygen atoms in total. The molecular weight excluding hydrogens is 671 g/mol. The fourth-order valence-electron chi connectivity index (χ4n) is 3.19. The Morgan fingerprint density at radius 2 is 1.65 bits per heavy atom. The fourth-order valence-corrected chi connectivity index (χ4v) is 4.77. The molecule has 4 amide bonds. The molecule has 0 aliphatic rings. The number of para-hydroxylation sites is 1. The van der Waals surface area contributed by atoms with Crippen LogP contribution in [-0.4, -0.2) is 83.7 Å². The zero-order valence-corrected chi connectivity index (χ0v) is 30.4. The lowest BCUT2D eigenvalue weighted by atomic mass is 10.1. The zero-order valence-electron chi connectivity index (χ0n) is 27.2. The molecule has 0 aliphatic carbocycles. The molecule has 2 heterocycles. The monoisotopic (exact) mass is 710 g/mol. The number of thioether (sulfide) groups is 1. The van der Waals surface area contributed by atoms with Gasteiger partial charge in [0.1, 0.15) is 0 Å². The van der Waals surface area contributed by atoms with Gasteiger partial charge in [0.2, 0.25) is 11.9 Å². The number of thiazole rings is 1. The van der Waals surface area contributed by atoms with Crippen LogP contribution in [0.4, 0.5) is 32.3 Å². The van der Waals surface area contributed by atoms with Gasteiger partial charge in [-0.2, -0.15) is 15.0 Å². The Morgan fingerprint density at radius 1 is 0.978 bits per heavy atom. The molecule has 4 rings (SSSR count). The molecule has 4 aromatic rings. The van der Waals surface area contributed by atoms with Gasteiger partial charge >= 0.3 is 12.1 Å². The van der Waals surface area contributed by atoms with Gasteiger partial charge in [0, 0.05) is 38.9 Å². The number of nitrogens with one attached hydrogen (secondary N) is 4. The number of rotatable bonds is 7. The van der Waals surface area contributed by atoms with Crippen LogP contribution < -0.4 is 26.2 Å². The van der Waals surface area contributed by atoms with Gasteiger partial charge in [-0.1, -0.05) is 58.4 Å². The third-order valence-electron chi connectivity index (χ3n) is 5.44. The van der Waals surface area contributed by atoms with Crippen LogP contribution in [0, 0.1) is 0 Å². The maximum atomic E-state index is 11.4. The number of hydrogen-bond donors (Lipinski definition) is 4. The summed E-state index contributed by atoms with van der Waals surface area (Å²) in [5, 5.41) is 14.8. The molecule has 0 fully saturated rings. The highest BCUT2D eigenvalue weighted by molar-refractivity contribution is 7.98. The van der Waals surface area contributed by atoms with E-state index in [4.69, 9.17) is 28.0 Å². The van der Waals surface area contributed by atoms with E-state index in [1.54, 1.807) is 32.3 Å². The quantitative estimate of drug-likeness (QED) is 0.113. The maximum Gasteiger partial charge on any atom is 0.345 e. The minimum absolute atomic E-state index is 0.0550. The van der Waals surface area contributed by atoms with Crippen LogP contribution in [0.1, 0.15) is 27.7 Å². The molecule has 0 radical (unpaired) electrons. The molecule has 17 heteroatoms. The molecular formula is C29H40Cl2N10O3S2. The third-order valence-corrected chi connectivity index (χ3v) is 7.84. The summed E-state index contributed by atoms with van der Waals surface area (Å²) in [7, 11) is 6.20. The molecule has 2 aromatic carbocycles. The number of carbonyl (C=O) groups is 2. The highest BCUT2D eigenvalue weighted by Gasteiger charge is 2.14. The van der Waals surface area contributed by atoms with Gasteiger partial charge in [-0.15, -0.1) is 0 Å². The second-order valence-electron chi connectivity index (χ2n) is 10.2. The summed E-state index contributed by atoms with van der Waals surface area (Å²) >= 11 is 14.5. The Morgan fingerprint density at radius 3 is 2.22 bits per heavy atom. The topological polar surface area (TPSA) is 150 Å². The zero-order chi connectivity index (χ0) is 34.4. The molecule has 0 unspecified atom stereocenters. The molecule has 250 valence electrons. The molecule has 0 atom stereocenters. The van der Waals surface area contributed by atoms with Crippen molar-refractivity contribution in [1.82, 2.24) is 30.3 Å². The summed E-state index contributed by atoms with van der Waals surface area (Å²) in [5.74, 6) is 1.23. The molecule has 46 heavy (non-hydrogen) atoms. The first-order chi connectivity index (χ1) is 21.7. The van der Waals surface area contributed by atoms with E-state index >= 15 is 0 Å². The number of aromatic nitrogens is 4. The van der Waals surface area contributed by atoms with Crippen molar-refractivity contribution >= 4 is 91.3 Å². The summed E-state index contributed by atoms with van der Waals surface area (Å²) in [6, 6.07) is 12.1. The lowest BCUT2D eigenvalue weighted by Crippen LogP contribution is -2.34. The Hall–Kier alpha value is -3.63. The smallest absolute Gasteiger partial charge is 0.345 e. The van der Waals surface area contributed by atoms with Crippen molar-refractivity contribution in [3.05, 3.63) is 52.5 Å². The number of carbonyl (C=O) groups excluding carboxylic acids is 2. The summed E-state index contributed by atoms with van der Waals surface area (Å²) in [6.45, 7) is 9.03. The molecule has 0 bridgehead atoms. The van der Waals surface area contributed by atoms with Crippen molar-refractivity contribution in [3.8, 4) is 0 Å². The number of fused-ring (bicyclic) bond motifs is 1. The molecule has 0 aliphatic heterocycles. The predicted octanol–water partition coefficient (Wildman–Crippen LogP) is 7.33. The first kappa shape index (κ1) is 38.6. The number of benzene rings is 2. The van der Waals surface area contributed by atoms with Crippen LogP contribution in [0.25, 0.3) is 10.2 Å². The van der Waals surface area contributed by atoms with Gasteiger partial charge in [0.15, 0.2) is 10.3 Å². The normalized spacial score (nSPS) is 10.5. The molecule has 4 N–H and O–H groups in total. The Kier molecular flexibility index (Phi) is 15.5. The van der Waals surface area contributed by atoms with Gasteiger partial charge in [-0.3, -0.25) is 9.74 Å². The van der Waals surface area contributed by atoms with E-state index in [9.17, 15) is 9.59 Å². The lowest BCUT2D eigenvalue weighted by molar-refractivity contribution is -0.0598. The number of anilines is 4. The first-order valence-corrected chi connectivity index (χ1v) is 16.7. The van der Waals surface area contributed by atoms with Gasteiger partial charge in [-0.25, -0.2) is 19.6 Å². The SMILES string of the molecule is CCNc1nc(NC(C)(C)C)nc(SC)n1.CNC(=O)N(C)c1nc2ccccc2s1.CON(C)C(=O)Nc1ccc(Cl)c(Cl)c1. The van der Waals surface area contributed by atoms with E-state index in [-0.39, 0.29) is 11.6 Å². The number of hydrogen-bond acceptors (Lipinski definition) is 11. The van der Waals surface area contributed by atoms with E-state index in [2.05, 4.69) is 62.0 Å². The van der Waals surface area contributed by atoms with Crippen molar-refractivity contribution < 1.29 is 14.4 Å². The van der Waals surface area contributed by atoms with E-state index in [0.29, 0.717) is 32.8 Å². The van der Waals surface area contributed by atoms with Crippen molar-refractivity contribution in [3.63, 3.8) is 0 Å². The number of halogens is 2. The summed E-state index contributed by atoms with van der Waals surface area (Å²) < 4.78 is 1.09. The van der Waals surface area contributed by atoms with Crippen molar-refractivity contribution in [2.24, 2.45) is 0 Å². The minimum Gasteiger partial charge on any atom is -0.354 e. The van der Waals surface area contributed by atoms with Crippen LogP contribution in [0.2, 0.25) is 10.0 Å². The number of urea groups is 2. The van der Waals surface area contributed by atoms with Gasteiger partial charge < -0.3 is 21.3 Å². The second kappa shape index (κ2) is 18.5. The summed E-state index contributed by atoms with van der Waals surface area (Å²) in [6.07, 6.45) is 1.95. The minimum atomic E-state index is -0.393. The van der Waals surface area contributed by atoms with Crippen molar-refractivity contribution in [2.45, 2.75) is 38.4 Å². The Bertz CT molecular complexity index is 1550. The van der Waals surface area contributed by atoms with Crippen LogP contribution in [0.3, 0.4) is 0 Å². The lowest BCUT2D eigenvalue weighted by Gasteiger charge is -2.20. The second-order valence-corrected chi connectivity index (χ2v) is 12.8. The van der Waals surface area contributed by atoms with Crippen LogP contribution in [0.5, 0.6) is 0 Å². The molecule has 0 saturated heterocycles. The van der Waals surface area contributed by atoms with Gasteiger partial charge in [0.25, 0.3) is 0 Å². The average Bonchev–Trinajstić information content (AvgIpc) is 3.46. The van der Waals surface area contributed by atoms with Crippen LogP contribution in [-0.2, 0) is 4.84 Å². The van der Waals surface area contributed by atoms with Crippen LogP contribution >= 0.6 is 46.3 Å². The van der Waals surface area contributed by atoms with E-state index in [0.717, 1.165) is 27.0 Å². The van der Waals surface area contributed by atoms with Crippen LogP contribution in [0.15, 0.2) is 47.6 Å². The number of nitrogens with zero attached hydrogens (tertiary/aromatic N) is 6. The molecule has 2 aromatic heterocycles. The largest absolute Gasteiger partial charge is 0.354 e. The third kappa shape index (κ3) is 12.6. The van der Waals surface area contributed by atoms with E-state index in [1.807, 2.05) is 37.4 Å². The van der Waals surface area contributed by atoms with Crippen molar-refractivity contribution in [2.75, 3.05) is 61.9 Å². The van der Waals surface area contributed by atoms with E-state index < -0.39 is 6.03 Å². The highest BCUT2D eigenvalue weighted by Crippen LogP contribution is 2.28. The highest BCUT2D eigenvalue weighted by atomic mass is 35.5. The Balaban J connectivity index is 0.000000240. The maximum absolute atomic E-state index is 11.4. The fraction of sp³-hybridized carbons (Fsp3) is 0.379. The Labute approximate surface area is 287 Å².